The molecule has 0 fully saturated rings. The highest BCUT2D eigenvalue weighted by atomic mass is 35.5. The van der Waals surface area contributed by atoms with E-state index in [1.807, 2.05) is 13.0 Å². The summed E-state index contributed by atoms with van der Waals surface area (Å²) in [6.07, 6.45) is 1.68. The standard InChI is InChI=1S/C35H35ClFN3O6/c1-21-25(26-13-14-38-32(31(26)36)23-10-11-24(20-42)30(18-23)45-5)7-6-8-29(21)39-33(43)27-12-9-22(17-28(27)37)19-40(15-16-41)34(44)46-35(2,3)4/h6-14,17-18,20,41H,15-16,19H2,1-5H3,(H,39,43). The van der Waals surface area contributed by atoms with Gasteiger partial charge in [0.25, 0.3) is 5.91 Å². The summed E-state index contributed by atoms with van der Waals surface area (Å²) < 4.78 is 25.9. The number of halogens is 2. The number of benzene rings is 3. The smallest absolute Gasteiger partial charge is 0.410 e. The van der Waals surface area contributed by atoms with E-state index in [0.717, 1.165) is 5.56 Å². The lowest BCUT2D eigenvalue weighted by molar-refractivity contribution is 0.0201. The molecule has 0 atom stereocenters. The first-order chi connectivity index (χ1) is 21.9. The molecule has 2 amide bonds. The number of aliphatic hydroxyl groups is 1. The minimum absolute atomic E-state index is 0.00197. The van der Waals surface area contributed by atoms with Crippen LogP contribution in [-0.2, 0) is 11.3 Å². The zero-order valence-electron chi connectivity index (χ0n) is 26.2. The number of ether oxygens (including phenoxy) is 2. The summed E-state index contributed by atoms with van der Waals surface area (Å²) in [5.74, 6) is -1.04. The molecule has 4 rings (SSSR count). The number of aldehydes is 1. The van der Waals surface area contributed by atoms with Crippen molar-refractivity contribution < 1.29 is 33.4 Å². The molecule has 0 saturated heterocycles. The van der Waals surface area contributed by atoms with Crippen molar-refractivity contribution in [1.82, 2.24) is 9.88 Å². The lowest BCUT2D eigenvalue weighted by atomic mass is 9.97. The van der Waals surface area contributed by atoms with Crippen LogP contribution < -0.4 is 10.1 Å². The van der Waals surface area contributed by atoms with Crippen LogP contribution in [0, 0.1) is 12.7 Å². The number of aromatic nitrogens is 1. The number of methoxy groups -OCH3 is 1. The van der Waals surface area contributed by atoms with Gasteiger partial charge in [0.1, 0.15) is 17.2 Å². The molecule has 1 aromatic heterocycles. The maximum absolute atomic E-state index is 15.2. The number of nitrogens with one attached hydrogen (secondary N) is 1. The Balaban J connectivity index is 1.57. The number of carbonyl (C=O) groups excluding carboxylic acids is 3. The van der Waals surface area contributed by atoms with Crippen LogP contribution in [0.5, 0.6) is 5.75 Å². The van der Waals surface area contributed by atoms with E-state index in [2.05, 4.69) is 10.3 Å². The number of aliphatic hydroxyl groups excluding tert-OH is 1. The average molecular weight is 648 g/mol. The predicted octanol–water partition coefficient (Wildman–Crippen LogP) is 7.32. The van der Waals surface area contributed by atoms with Crippen LogP contribution in [0.15, 0.2) is 66.9 Å². The molecule has 0 aliphatic carbocycles. The summed E-state index contributed by atoms with van der Waals surface area (Å²) in [5.41, 5.74) is 3.57. The van der Waals surface area contributed by atoms with Crippen molar-refractivity contribution >= 4 is 35.6 Å². The van der Waals surface area contributed by atoms with Gasteiger partial charge in [0.15, 0.2) is 6.29 Å². The van der Waals surface area contributed by atoms with Gasteiger partial charge >= 0.3 is 6.09 Å². The predicted molar refractivity (Wildman–Crippen MR) is 175 cm³/mol. The van der Waals surface area contributed by atoms with Crippen molar-refractivity contribution in [3.63, 3.8) is 0 Å². The molecule has 0 bridgehead atoms. The second-order valence-electron chi connectivity index (χ2n) is 11.5. The first kappa shape index (κ1) is 34.1. The number of amides is 2. The van der Waals surface area contributed by atoms with Crippen molar-refractivity contribution in [2.24, 2.45) is 0 Å². The molecule has 3 aromatic carbocycles. The number of nitrogens with zero attached hydrogens (tertiary/aromatic N) is 2. The van der Waals surface area contributed by atoms with Gasteiger partial charge in [-0.15, -0.1) is 0 Å². The summed E-state index contributed by atoms with van der Waals surface area (Å²) in [5, 5.41) is 12.6. The highest BCUT2D eigenvalue weighted by molar-refractivity contribution is 6.35. The Morgan fingerprint density at radius 3 is 2.50 bits per heavy atom. The summed E-state index contributed by atoms with van der Waals surface area (Å²) in [4.78, 5) is 42.8. The van der Waals surface area contributed by atoms with Gasteiger partial charge in [-0.2, -0.15) is 0 Å². The monoisotopic (exact) mass is 647 g/mol. The Morgan fingerprint density at radius 1 is 1.09 bits per heavy atom. The van der Waals surface area contributed by atoms with Gasteiger partial charge in [-0.25, -0.2) is 9.18 Å². The minimum atomic E-state index is -0.769. The number of pyridine rings is 1. The zero-order valence-corrected chi connectivity index (χ0v) is 26.9. The number of hydrogen-bond acceptors (Lipinski definition) is 7. The second-order valence-corrected chi connectivity index (χ2v) is 11.8. The molecule has 240 valence electrons. The van der Waals surface area contributed by atoms with E-state index in [9.17, 15) is 19.5 Å². The van der Waals surface area contributed by atoms with Crippen LogP contribution in [-0.4, -0.2) is 59.1 Å². The van der Waals surface area contributed by atoms with E-state index in [0.29, 0.717) is 56.3 Å². The van der Waals surface area contributed by atoms with Crippen molar-refractivity contribution in [2.75, 3.05) is 25.6 Å². The second kappa shape index (κ2) is 14.5. The third-order valence-corrected chi connectivity index (χ3v) is 7.45. The molecule has 46 heavy (non-hydrogen) atoms. The number of rotatable bonds is 10. The molecule has 2 N–H and O–H groups in total. The molecule has 0 unspecified atom stereocenters. The van der Waals surface area contributed by atoms with Crippen molar-refractivity contribution in [1.29, 1.82) is 0 Å². The lowest BCUT2D eigenvalue weighted by Gasteiger charge is -2.27. The number of hydrogen-bond donors (Lipinski definition) is 2. The summed E-state index contributed by atoms with van der Waals surface area (Å²) in [7, 11) is 1.47. The van der Waals surface area contributed by atoms with E-state index in [-0.39, 0.29) is 25.3 Å². The van der Waals surface area contributed by atoms with Gasteiger partial charge in [0, 0.05) is 36.1 Å². The van der Waals surface area contributed by atoms with Crippen molar-refractivity contribution in [3.05, 3.63) is 100.0 Å². The SMILES string of the molecule is COc1cc(-c2nccc(-c3cccc(NC(=O)c4ccc(CN(CCO)C(=O)OC(C)(C)C)cc4F)c3C)c2Cl)ccc1C=O. The van der Waals surface area contributed by atoms with Crippen LogP contribution in [0.4, 0.5) is 14.9 Å². The third-order valence-electron chi connectivity index (χ3n) is 7.07. The third kappa shape index (κ3) is 7.88. The van der Waals surface area contributed by atoms with E-state index in [1.165, 1.54) is 24.1 Å². The van der Waals surface area contributed by atoms with Gasteiger partial charge in [-0.05, 0) is 80.8 Å². The summed E-state index contributed by atoms with van der Waals surface area (Å²) in [6, 6.07) is 16.2. The molecule has 0 saturated carbocycles. The van der Waals surface area contributed by atoms with Gasteiger partial charge in [-0.3, -0.25) is 14.6 Å². The molecule has 11 heteroatoms. The number of carbonyl (C=O) groups is 3. The van der Waals surface area contributed by atoms with Crippen molar-refractivity contribution in [3.8, 4) is 28.1 Å². The maximum Gasteiger partial charge on any atom is 0.410 e. The first-order valence-corrected chi connectivity index (χ1v) is 14.8. The largest absolute Gasteiger partial charge is 0.496 e. The maximum atomic E-state index is 15.2. The van der Waals surface area contributed by atoms with Crippen LogP contribution in [0.3, 0.4) is 0 Å². The van der Waals surface area contributed by atoms with E-state index in [1.54, 1.807) is 69.4 Å². The fraction of sp³-hybridized carbons (Fsp3) is 0.257. The minimum Gasteiger partial charge on any atom is -0.496 e. The Hall–Kier alpha value is -4.80. The fourth-order valence-corrected chi connectivity index (χ4v) is 5.13. The fourth-order valence-electron chi connectivity index (χ4n) is 4.80. The van der Waals surface area contributed by atoms with E-state index < -0.39 is 23.4 Å². The van der Waals surface area contributed by atoms with Crippen LogP contribution >= 0.6 is 11.6 Å². The highest BCUT2D eigenvalue weighted by Crippen LogP contribution is 2.39. The quantitative estimate of drug-likeness (QED) is 0.173. The normalized spacial score (nSPS) is 11.1. The molecule has 9 nitrogen and oxygen atoms in total. The molecule has 0 aliphatic rings. The molecule has 0 spiro atoms. The number of anilines is 1. The van der Waals surface area contributed by atoms with Gasteiger partial charge in [0.05, 0.1) is 35.6 Å². The van der Waals surface area contributed by atoms with E-state index in [4.69, 9.17) is 21.1 Å². The van der Waals surface area contributed by atoms with Gasteiger partial charge in [-0.1, -0.05) is 35.9 Å². The average Bonchev–Trinajstić information content (AvgIpc) is 3.01. The van der Waals surface area contributed by atoms with Crippen molar-refractivity contribution in [2.45, 2.75) is 39.8 Å². The van der Waals surface area contributed by atoms with Gasteiger partial charge in [0.2, 0.25) is 0 Å². The molecular formula is C35H35ClFN3O6. The van der Waals surface area contributed by atoms with Crippen LogP contribution in [0.25, 0.3) is 22.4 Å². The highest BCUT2D eigenvalue weighted by Gasteiger charge is 2.23. The molecule has 0 radical (unpaired) electrons. The topological polar surface area (TPSA) is 118 Å². The summed E-state index contributed by atoms with van der Waals surface area (Å²) >= 11 is 6.86. The Morgan fingerprint density at radius 2 is 1.85 bits per heavy atom. The molecule has 0 aliphatic heterocycles. The molecule has 4 aromatic rings. The van der Waals surface area contributed by atoms with Crippen LogP contribution in [0.2, 0.25) is 5.02 Å². The zero-order chi connectivity index (χ0) is 33.6. The Labute approximate surface area is 271 Å². The Bertz CT molecular complexity index is 1770. The van der Waals surface area contributed by atoms with Gasteiger partial charge < -0.3 is 24.8 Å². The summed E-state index contributed by atoms with van der Waals surface area (Å²) in [6.45, 7) is 6.68. The molecular weight excluding hydrogens is 613 g/mol. The first-order valence-electron chi connectivity index (χ1n) is 14.4. The Kier molecular flexibility index (Phi) is 10.8. The van der Waals surface area contributed by atoms with E-state index >= 15 is 4.39 Å². The lowest BCUT2D eigenvalue weighted by Crippen LogP contribution is -2.38. The molecule has 1 heterocycles. The van der Waals surface area contributed by atoms with Crippen LogP contribution in [0.1, 0.15) is 52.6 Å².